The van der Waals surface area contributed by atoms with Crippen molar-refractivity contribution in [2.24, 2.45) is 0 Å². The smallest absolute Gasteiger partial charge is 0.299 e. The normalized spacial score (nSPS) is 24.2. The number of rotatable bonds is 2. The van der Waals surface area contributed by atoms with E-state index < -0.39 is 15.1 Å². The second-order valence-corrected chi connectivity index (χ2v) is 5.41. The van der Waals surface area contributed by atoms with Crippen LogP contribution in [0.3, 0.4) is 0 Å². The van der Waals surface area contributed by atoms with Crippen LogP contribution in [0.25, 0.3) is 0 Å². The molecule has 0 amide bonds. The van der Waals surface area contributed by atoms with Crippen LogP contribution in [0.4, 0.5) is 0 Å². The van der Waals surface area contributed by atoms with Crippen molar-refractivity contribution < 1.29 is 22.8 Å². The zero-order valence-electron chi connectivity index (χ0n) is 8.67. The fourth-order valence-corrected chi connectivity index (χ4v) is 2.80. The number of methoxy groups -OCH3 is 1. The van der Waals surface area contributed by atoms with Gasteiger partial charge in [-0.25, -0.2) is 0 Å². The molecule has 0 bridgehead atoms. The highest BCUT2D eigenvalue weighted by molar-refractivity contribution is 7.86. The molecule has 1 atom stereocenters. The third-order valence-electron chi connectivity index (χ3n) is 2.90. The summed E-state index contributed by atoms with van der Waals surface area (Å²) in [5.41, 5.74) is 0.912. The van der Waals surface area contributed by atoms with Crippen molar-refractivity contribution in [2.75, 3.05) is 7.11 Å². The predicted molar refractivity (Wildman–Crippen MR) is 56.8 cm³/mol. The topological polar surface area (TPSA) is 83.8 Å². The van der Waals surface area contributed by atoms with Crippen molar-refractivity contribution in [1.82, 2.24) is 0 Å². The quantitative estimate of drug-likeness (QED) is 0.747. The number of hydrogen-bond acceptors (Lipinski definition) is 4. The van der Waals surface area contributed by atoms with Gasteiger partial charge in [-0.05, 0) is 24.1 Å². The molecule has 1 aromatic rings. The molecule has 0 saturated heterocycles. The van der Waals surface area contributed by atoms with Crippen molar-refractivity contribution in [3.63, 3.8) is 0 Å². The summed E-state index contributed by atoms with van der Waals surface area (Å²) in [4.78, 5) is -2.20. The molecule has 2 N–H and O–H groups in total. The van der Waals surface area contributed by atoms with E-state index in [9.17, 15) is 13.5 Å². The van der Waals surface area contributed by atoms with E-state index in [1.807, 2.05) is 0 Å². The summed E-state index contributed by atoms with van der Waals surface area (Å²) < 4.78 is 36.4. The number of hydrogen-bond donors (Lipinski definition) is 2. The molecule has 1 aliphatic rings. The first-order chi connectivity index (χ1) is 7.38. The van der Waals surface area contributed by atoms with Gasteiger partial charge in [-0.1, -0.05) is 6.07 Å². The standard InChI is InChI=1S/C10H12O5S/c1-15-8-3-2-7-4-5-10(11,9(7)6-8)16(12,13)14/h2-3,6,11H,4-5H2,1H3,(H,12,13,14). The van der Waals surface area contributed by atoms with Gasteiger partial charge in [0, 0.05) is 12.0 Å². The minimum atomic E-state index is -4.54. The summed E-state index contributed by atoms with van der Waals surface area (Å²) in [6, 6.07) is 4.82. The van der Waals surface area contributed by atoms with Gasteiger partial charge in [-0.15, -0.1) is 0 Å². The van der Waals surface area contributed by atoms with Crippen molar-refractivity contribution >= 4 is 10.1 Å². The zero-order valence-corrected chi connectivity index (χ0v) is 9.49. The van der Waals surface area contributed by atoms with Gasteiger partial charge >= 0.3 is 0 Å². The van der Waals surface area contributed by atoms with Crippen LogP contribution >= 0.6 is 0 Å². The highest BCUT2D eigenvalue weighted by atomic mass is 32.2. The second-order valence-electron chi connectivity index (χ2n) is 3.78. The molecule has 0 aliphatic heterocycles. The van der Waals surface area contributed by atoms with Crippen LogP contribution in [0.1, 0.15) is 17.5 Å². The Labute approximate surface area is 93.4 Å². The summed E-state index contributed by atoms with van der Waals surface area (Å²) in [5, 5.41) is 10.0. The molecule has 0 spiro atoms. The Morgan fingerprint density at radius 1 is 1.44 bits per heavy atom. The monoisotopic (exact) mass is 244 g/mol. The van der Waals surface area contributed by atoms with E-state index in [-0.39, 0.29) is 12.0 Å². The van der Waals surface area contributed by atoms with Crippen LogP contribution in [0.2, 0.25) is 0 Å². The fraction of sp³-hybridized carbons (Fsp3) is 0.400. The molecule has 1 aliphatic carbocycles. The third kappa shape index (κ3) is 1.50. The maximum atomic E-state index is 11.2. The average Bonchev–Trinajstić information content (AvgIpc) is 2.56. The van der Waals surface area contributed by atoms with Crippen molar-refractivity contribution in [2.45, 2.75) is 17.8 Å². The Kier molecular flexibility index (Phi) is 2.45. The van der Waals surface area contributed by atoms with Crippen molar-refractivity contribution in [3.8, 4) is 5.75 Å². The maximum absolute atomic E-state index is 11.2. The van der Waals surface area contributed by atoms with Crippen molar-refractivity contribution in [3.05, 3.63) is 29.3 Å². The SMILES string of the molecule is COc1ccc2c(c1)C(O)(S(=O)(=O)O)CC2. The molecule has 1 aromatic carbocycles. The van der Waals surface area contributed by atoms with Gasteiger partial charge < -0.3 is 9.84 Å². The molecule has 5 nitrogen and oxygen atoms in total. The van der Waals surface area contributed by atoms with E-state index in [1.54, 1.807) is 12.1 Å². The molecule has 0 saturated carbocycles. The average molecular weight is 244 g/mol. The molecule has 0 aromatic heterocycles. The van der Waals surface area contributed by atoms with Gasteiger partial charge in [0.1, 0.15) is 5.75 Å². The van der Waals surface area contributed by atoms with E-state index in [0.717, 1.165) is 0 Å². The second kappa shape index (κ2) is 3.44. The minimum absolute atomic E-state index is 0.0334. The Morgan fingerprint density at radius 2 is 2.12 bits per heavy atom. The van der Waals surface area contributed by atoms with E-state index in [2.05, 4.69) is 0 Å². The van der Waals surface area contributed by atoms with Crippen LogP contribution in [0.5, 0.6) is 5.75 Å². The molecular formula is C10H12O5S. The molecule has 0 fully saturated rings. The molecule has 1 unspecified atom stereocenters. The molecular weight excluding hydrogens is 232 g/mol. The van der Waals surface area contributed by atoms with Crippen LogP contribution < -0.4 is 4.74 Å². The molecule has 88 valence electrons. The van der Waals surface area contributed by atoms with Crippen LogP contribution in [0, 0.1) is 0 Å². The van der Waals surface area contributed by atoms with E-state index >= 15 is 0 Å². The fourth-order valence-electron chi connectivity index (χ4n) is 1.97. The Morgan fingerprint density at radius 3 is 2.69 bits per heavy atom. The summed E-state index contributed by atoms with van der Waals surface area (Å²) >= 11 is 0. The van der Waals surface area contributed by atoms with Gasteiger partial charge in [0.05, 0.1) is 7.11 Å². The summed E-state index contributed by atoms with van der Waals surface area (Å²) in [6.07, 6.45) is 0.379. The molecule has 6 heteroatoms. The molecule has 16 heavy (non-hydrogen) atoms. The van der Waals surface area contributed by atoms with Crippen LogP contribution in [0.15, 0.2) is 18.2 Å². The lowest BCUT2D eigenvalue weighted by molar-refractivity contribution is 0.114. The number of aliphatic hydroxyl groups is 1. The van der Waals surface area contributed by atoms with E-state index in [1.165, 1.54) is 13.2 Å². The number of ether oxygens (including phenoxy) is 1. The lowest BCUT2D eigenvalue weighted by Gasteiger charge is -2.20. The van der Waals surface area contributed by atoms with E-state index in [4.69, 9.17) is 9.29 Å². The van der Waals surface area contributed by atoms with Crippen LogP contribution in [-0.2, 0) is 21.5 Å². The lowest BCUT2D eigenvalue weighted by atomic mass is 10.1. The first-order valence-corrected chi connectivity index (χ1v) is 6.19. The number of benzene rings is 1. The van der Waals surface area contributed by atoms with Gasteiger partial charge in [0.2, 0.25) is 4.93 Å². The summed E-state index contributed by atoms with van der Waals surface area (Å²) in [6.45, 7) is 0. The summed E-state index contributed by atoms with van der Waals surface area (Å²) in [5.74, 6) is 0.447. The molecule has 2 rings (SSSR count). The van der Waals surface area contributed by atoms with E-state index in [0.29, 0.717) is 17.7 Å². The number of aryl methyl sites for hydroxylation is 1. The van der Waals surface area contributed by atoms with Gasteiger partial charge in [0.25, 0.3) is 10.1 Å². The first-order valence-electron chi connectivity index (χ1n) is 4.75. The van der Waals surface area contributed by atoms with Gasteiger partial charge in [0.15, 0.2) is 0 Å². The third-order valence-corrected chi connectivity index (χ3v) is 4.18. The highest BCUT2D eigenvalue weighted by Crippen LogP contribution is 2.41. The minimum Gasteiger partial charge on any atom is -0.497 e. The van der Waals surface area contributed by atoms with Gasteiger partial charge in [-0.2, -0.15) is 8.42 Å². The Bertz CT molecular complexity index is 522. The van der Waals surface area contributed by atoms with Gasteiger partial charge in [-0.3, -0.25) is 4.55 Å². The summed E-state index contributed by atoms with van der Waals surface area (Å²) in [7, 11) is -3.09. The largest absolute Gasteiger partial charge is 0.497 e. The lowest BCUT2D eigenvalue weighted by Crippen LogP contribution is -2.32. The van der Waals surface area contributed by atoms with Crippen LogP contribution in [-0.4, -0.2) is 25.2 Å². The predicted octanol–water partition coefficient (Wildman–Crippen LogP) is 0.674. The Balaban J connectivity index is 2.62. The molecule has 0 radical (unpaired) electrons. The zero-order chi connectivity index (χ0) is 12.0. The number of fused-ring (bicyclic) bond motifs is 1. The maximum Gasteiger partial charge on any atom is 0.299 e. The Hall–Kier alpha value is -1.11. The van der Waals surface area contributed by atoms with Crippen molar-refractivity contribution in [1.29, 1.82) is 0 Å². The highest BCUT2D eigenvalue weighted by Gasteiger charge is 2.47. The first kappa shape index (κ1) is 11.4. The molecule has 0 heterocycles.